The number of aryl methyl sites for hydroxylation is 1. The number of likely N-dealkylation sites (tertiary alicyclic amines) is 1. The van der Waals surface area contributed by atoms with Crippen molar-refractivity contribution in [3.05, 3.63) is 46.4 Å². The molecule has 0 radical (unpaired) electrons. The zero-order valence-corrected chi connectivity index (χ0v) is 12.5. The summed E-state index contributed by atoms with van der Waals surface area (Å²) in [4.78, 5) is 32.2. The Morgan fingerprint density at radius 2 is 2.36 bits per heavy atom. The molecule has 7 heteroatoms. The van der Waals surface area contributed by atoms with E-state index in [1.807, 2.05) is 17.9 Å². The van der Waals surface area contributed by atoms with E-state index in [4.69, 9.17) is 0 Å². The molecule has 1 N–H and O–H groups in total. The largest absolute Gasteiger partial charge is 0.345 e. The molecule has 1 atom stereocenters. The molecule has 7 nitrogen and oxygen atoms in total. The molecule has 0 aliphatic carbocycles. The molecule has 0 aromatic carbocycles. The number of amides is 1. The predicted octanol–water partition coefficient (Wildman–Crippen LogP) is 1.01. The predicted molar refractivity (Wildman–Crippen MR) is 80.6 cm³/mol. The van der Waals surface area contributed by atoms with Gasteiger partial charge in [-0.2, -0.15) is 5.10 Å². The SMILES string of the molecule is CCn1cc(C(=O)N2CCC[C@@H](c3ccnc(=O)[nH]3)C2)cn1. The zero-order valence-electron chi connectivity index (χ0n) is 12.5. The lowest BCUT2D eigenvalue weighted by Crippen LogP contribution is -2.39. The van der Waals surface area contributed by atoms with Crippen LogP contribution in [0.2, 0.25) is 0 Å². The van der Waals surface area contributed by atoms with Gasteiger partial charge in [-0.25, -0.2) is 9.78 Å². The van der Waals surface area contributed by atoms with Gasteiger partial charge in [-0.3, -0.25) is 9.48 Å². The lowest BCUT2D eigenvalue weighted by molar-refractivity contribution is 0.0705. The third-order valence-electron chi connectivity index (χ3n) is 4.05. The zero-order chi connectivity index (χ0) is 15.5. The Morgan fingerprint density at radius 1 is 1.50 bits per heavy atom. The first-order valence-electron chi connectivity index (χ1n) is 7.54. The minimum Gasteiger partial charge on any atom is -0.338 e. The average molecular weight is 301 g/mol. The molecule has 0 spiro atoms. The molecule has 116 valence electrons. The molecular weight excluding hydrogens is 282 g/mol. The first-order chi connectivity index (χ1) is 10.7. The van der Waals surface area contributed by atoms with Crippen molar-refractivity contribution < 1.29 is 4.79 Å². The van der Waals surface area contributed by atoms with Crippen molar-refractivity contribution in [1.29, 1.82) is 0 Å². The number of carbonyl (C=O) groups is 1. The molecule has 1 fully saturated rings. The van der Waals surface area contributed by atoms with E-state index in [-0.39, 0.29) is 17.5 Å². The molecule has 3 rings (SSSR count). The van der Waals surface area contributed by atoms with Crippen molar-refractivity contribution in [2.75, 3.05) is 13.1 Å². The van der Waals surface area contributed by atoms with Crippen LogP contribution in [-0.2, 0) is 6.54 Å². The van der Waals surface area contributed by atoms with E-state index in [0.717, 1.165) is 31.6 Å². The minimum absolute atomic E-state index is 0.000744. The van der Waals surface area contributed by atoms with E-state index in [1.54, 1.807) is 17.1 Å². The second kappa shape index (κ2) is 6.13. The van der Waals surface area contributed by atoms with E-state index in [1.165, 1.54) is 6.20 Å². The highest BCUT2D eigenvalue weighted by Crippen LogP contribution is 2.25. The van der Waals surface area contributed by atoms with Crippen LogP contribution < -0.4 is 5.69 Å². The maximum atomic E-state index is 12.6. The lowest BCUT2D eigenvalue weighted by Gasteiger charge is -2.32. The van der Waals surface area contributed by atoms with Crippen molar-refractivity contribution >= 4 is 5.91 Å². The second-order valence-corrected chi connectivity index (χ2v) is 5.51. The topological polar surface area (TPSA) is 83.9 Å². The number of carbonyl (C=O) groups excluding carboxylic acids is 1. The molecule has 1 saturated heterocycles. The summed E-state index contributed by atoms with van der Waals surface area (Å²) in [6, 6.07) is 1.81. The lowest BCUT2D eigenvalue weighted by atomic mass is 9.94. The number of H-pyrrole nitrogens is 1. The normalized spacial score (nSPS) is 18.4. The summed E-state index contributed by atoms with van der Waals surface area (Å²) in [6.45, 7) is 4.07. The first kappa shape index (κ1) is 14.5. The third-order valence-corrected chi connectivity index (χ3v) is 4.05. The minimum atomic E-state index is -0.342. The number of hydrogen-bond donors (Lipinski definition) is 1. The van der Waals surface area contributed by atoms with Crippen molar-refractivity contribution in [2.45, 2.75) is 32.2 Å². The number of rotatable bonds is 3. The summed E-state index contributed by atoms with van der Waals surface area (Å²) >= 11 is 0. The van der Waals surface area contributed by atoms with Crippen molar-refractivity contribution in [1.82, 2.24) is 24.6 Å². The van der Waals surface area contributed by atoms with Crippen LogP contribution in [0, 0.1) is 0 Å². The maximum absolute atomic E-state index is 12.6. The van der Waals surface area contributed by atoms with Gasteiger partial charge in [0, 0.05) is 43.6 Å². The first-order valence-corrected chi connectivity index (χ1v) is 7.54. The molecule has 0 bridgehead atoms. The Kier molecular flexibility index (Phi) is 4.04. The summed E-state index contributed by atoms with van der Waals surface area (Å²) in [6.07, 6.45) is 6.78. The van der Waals surface area contributed by atoms with Gasteiger partial charge in [0.25, 0.3) is 5.91 Å². The molecule has 3 heterocycles. The summed E-state index contributed by atoms with van der Waals surface area (Å²) in [5.74, 6) is 0.149. The maximum Gasteiger partial charge on any atom is 0.345 e. The fourth-order valence-electron chi connectivity index (χ4n) is 2.87. The van der Waals surface area contributed by atoms with Gasteiger partial charge in [0.1, 0.15) is 0 Å². The Morgan fingerprint density at radius 3 is 3.09 bits per heavy atom. The van der Waals surface area contributed by atoms with Gasteiger partial charge in [-0.15, -0.1) is 0 Å². The van der Waals surface area contributed by atoms with E-state index in [0.29, 0.717) is 12.1 Å². The van der Waals surface area contributed by atoms with Gasteiger partial charge >= 0.3 is 5.69 Å². The smallest absolute Gasteiger partial charge is 0.338 e. The summed E-state index contributed by atoms with van der Waals surface area (Å²) in [7, 11) is 0. The summed E-state index contributed by atoms with van der Waals surface area (Å²) in [5.41, 5.74) is 1.12. The molecular formula is C15H19N5O2. The van der Waals surface area contributed by atoms with Crippen LogP contribution >= 0.6 is 0 Å². The highest BCUT2D eigenvalue weighted by Gasteiger charge is 2.26. The van der Waals surface area contributed by atoms with Crippen LogP contribution in [-0.4, -0.2) is 43.6 Å². The van der Waals surface area contributed by atoms with Crippen molar-refractivity contribution in [2.24, 2.45) is 0 Å². The van der Waals surface area contributed by atoms with Crippen LogP contribution in [0.5, 0.6) is 0 Å². The molecule has 0 saturated carbocycles. The number of nitrogens with zero attached hydrogens (tertiary/aromatic N) is 4. The summed E-state index contributed by atoms with van der Waals surface area (Å²) in [5, 5.41) is 4.15. The average Bonchev–Trinajstić information content (AvgIpc) is 3.03. The van der Waals surface area contributed by atoms with E-state index >= 15 is 0 Å². The molecule has 22 heavy (non-hydrogen) atoms. The van der Waals surface area contributed by atoms with E-state index < -0.39 is 0 Å². The van der Waals surface area contributed by atoms with Gasteiger partial charge in [0.2, 0.25) is 0 Å². The molecule has 0 unspecified atom stereocenters. The van der Waals surface area contributed by atoms with Gasteiger partial charge < -0.3 is 9.88 Å². The highest BCUT2D eigenvalue weighted by atomic mass is 16.2. The number of aromatic amines is 1. The fourth-order valence-corrected chi connectivity index (χ4v) is 2.87. The standard InChI is InChI=1S/C15H19N5O2/c1-2-20-10-12(8-17-20)14(21)19-7-3-4-11(9-19)13-5-6-16-15(22)18-13/h5-6,8,10-11H,2-4,7,9H2,1H3,(H,16,18,22)/t11-/m1/s1. The van der Waals surface area contributed by atoms with Crippen LogP contribution in [0.15, 0.2) is 29.5 Å². The molecule has 2 aromatic heterocycles. The van der Waals surface area contributed by atoms with Crippen LogP contribution in [0.25, 0.3) is 0 Å². The molecule has 2 aromatic rings. The molecule has 1 aliphatic heterocycles. The fraction of sp³-hybridized carbons (Fsp3) is 0.467. The van der Waals surface area contributed by atoms with Gasteiger partial charge in [-0.1, -0.05) is 0 Å². The van der Waals surface area contributed by atoms with Gasteiger partial charge in [0.05, 0.1) is 11.8 Å². The quantitative estimate of drug-likeness (QED) is 0.917. The van der Waals surface area contributed by atoms with Crippen LogP contribution in [0.1, 0.15) is 41.7 Å². The van der Waals surface area contributed by atoms with Crippen molar-refractivity contribution in [3.8, 4) is 0 Å². The van der Waals surface area contributed by atoms with E-state index in [9.17, 15) is 9.59 Å². The van der Waals surface area contributed by atoms with Crippen LogP contribution in [0.4, 0.5) is 0 Å². The Balaban J connectivity index is 1.75. The number of aromatic nitrogens is 4. The van der Waals surface area contributed by atoms with Crippen LogP contribution in [0.3, 0.4) is 0 Å². The van der Waals surface area contributed by atoms with Crippen molar-refractivity contribution in [3.63, 3.8) is 0 Å². The number of piperidine rings is 1. The Hall–Kier alpha value is -2.44. The summed E-state index contributed by atoms with van der Waals surface area (Å²) < 4.78 is 1.75. The number of nitrogens with one attached hydrogen (secondary N) is 1. The third kappa shape index (κ3) is 2.93. The molecule has 1 aliphatic rings. The van der Waals surface area contributed by atoms with E-state index in [2.05, 4.69) is 15.1 Å². The highest BCUT2D eigenvalue weighted by molar-refractivity contribution is 5.93. The Labute approximate surface area is 128 Å². The van der Waals surface area contributed by atoms with Gasteiger partial charge in [0.15, 0.2) is 0 Å². The number of hydrogen-bond acceptors (Lipinski definition) is 4. The Bertz CT molecular complexity index is 720. The monoisotopic (exact) mass is 301 g/mol. The molecule has 1 amide bonds. The van der Waals surface area contributed by atoms with Gasteiger partial charge in [-0.05, 0) is 25.8 Å². The second-order valence-electron chi connectivity index (χ2n) is 5.51.